The topological polar surface area (TPSA) is 29.9 Å². The van der Waals surface area contributed by atoms with Crippen LogP contribution in [0.25, 0.3) is 0 Å². The molecule has 1 aromatic heterocycles. The van der Waals surface area contributed by atoms with Crippen LogP contribution in [0.5, 0.6) is 0 Å². The Morgan fingerprint density at radius 3 is 3.06 bits per heavy atom. The molecule has 1 heterocycles. The summed E-state index contributed by atoms with van der Waals surface area (Å²) < 4.78 is 3.12. The second-order valence-electron chi connectivity index (χ2n) is 3.71. The van der Waals surface area contributed by atoms with Gasteiger partial charge in [0, 0.05) is 41.5 Å². The second kappa shape index (κ2) is 6.19. The lowest BCUT2D eigenvalue weighted by molar-refractivity contribution is 0.596. The van der Waals surface area contributed by atoms with Crippen molar-refractivity contribution in [3.63, 3.8) is 0 Å². The van der Waals surface area contributed by atoms with Crippen LogP contribution in [0.1, 0.15) is 5.56 Å². The highest BCUT2D eigenvalue weighted by Crippen LogP contribution is 2.20. The van der Waals surface area contributed by atoms with E-state index < -0.39 is 0 Å². The SMILES string of the molecule is Clc1ccc(Br)c(CNCCn2ccnc2)c1. The number of nitrogens with zero attached hydrogens (tertiary/aromatic N) is 2. The van der Waals surface area contributed by atoms with Gasteiger partial charge in [-0.2, -0.15) is 0 Å². The molecule has 0 fully saturated rings. The molecular formula is C12H13BrClN3. The zero-order chi connectivity index (χ0) is 12.1. The Morgan fingerprint density at radius 2 is 2.29 bits per heavy atom. The molecule has 0 atom stereocenters. The van der Waals surface area contributed by atoms with Crippen LogP contribution in [-0.4, -0.2) is 16.1 Å². The quantitative estimate of drug-likeness (QED) is 0.860. The molecule has 0 aliphatic heterocycles. The van der Waals surface area contributed by atoms with Crippen molar-refractivity contribution in [2.24, 2.45) is 0 Å². The molecule has 2 rings (SSSR count). The van der Waals surface area contributed by atoms with Crippen molar-refractivity contribution in [1.29, 1.82) is 0 Å². The maximum absolute atomic E-state index is 5.95. The molecule has 5 heteroatoms. The van der Waals surface area contributed by atoms with E-state index in [0.29, 0.717) is 0 Å². The molecule has 0 spiro atoms. The highest BCUT2D eigenvalue weighted by molar-refractivity contribution is 9.10. The number of hydrogen-bond donors (Lipinski definition) is 1. The average Bonchev–Trinajstić information content (AvgIpc) is 2.82. The van der Waals surface area contributed by atoms with Gasteiger partial charge in [-0.15, -0.1) is 0 Å². The summed E-state index contributed by atoms with van der Waals surface area (Å²) in [6, 6.07) is 5.81. The minimum absolute atomic E-state index is 0.764. The minimum Gasteiger partial charge on any atom is -0.336 e. The van der Waals surface area contributed by atoms with Crippen LogP contribution < -0.4 is 5.32 Å². The maximum Gasteiger partial charge on any atom is 0.0946 e. The molecule has 3 nitrogen and oxygen atoms in total. The molecule has 90 valence electrons. The van der Waals surface area contributed by atoms with Gasteiger partial charge in [0.15, 0.2) is 0 Å². The van der Waals surface area contributed by atoms with Crippen molar-refractivity contribution in [2.45, 2.75) is 13.1 Å². The lowest BCUT2D eigenvalue weighted by Gasteiger charge is -2.07. The summed E-state index contributed by atoms with van der Waals surface area (Å²) >= 11 is 9.46. The Balaban J connectivity index is 1.80. The molecular weight excluding hydrogens is 302 g/mol. The van der Waals surface area contributed by atoms with E-state index in [1.165, 1.54) is 5.56 Å². The van der Waals surface area contributed by atoms with Gasteiger partial charge < -0.3 is 9.88 Å². The van der Waals surface area contributed by atoms with E-state index in [4.69, 9.17) is 11.6 Å². The Kier molecular flexibility index (Phi) is 4.59. The third-order valence-corrected chi connectivity index (χ3v) is 3.44. The summed E-state index contributed by atoms with van der Waals surface area (Å²) in [5.41, 5.74) is 1.17. The van der Waals surface area contributed by atoms with E-state index in [-0.39, 0.29) is 0 Å². The van der Waals surface area contributed by atoms with Gasteiger partial charge in [-0.05, 0) is 23.8 Å². The van der Waals surface area contributed by atoms with Gasteiger partial charge in [0.1, 0.15) is 0 Å². The first-order valence-electron chi connectivity index (χ1n) is 5.36. The van der Waals surface area contributed by atoms with E-state index in [1.807, 2.05) is 35.3 Å². The van der Waals surface area contributed by atoms with Crippen molar-refractivity contribution in [3.05, 3.63) is 52.0 Å². The number of hydrogen-bond acceptors (Lipinski definition) is 2. The van der Waals surface area contributed by atoms with Crippen molar-refractivity contribution >= 4 is 27.5 Å². The van der Waals surface area contributed by atoms with Gasteiger partial charge in [-0.3, -0.25) is 0 Å². The molecule has 2 aromatic rings. The molecule has 0 saturated heterocycles. The van der Waals surface area contributed by atoms with Crippen LogP contribution in [0.3, 0.4) is 0 Å². The zero-order valence-electron chi connectivity index (χ0n) is 9.24. The van der Waals surface area contributed by atoms with Crippen molar-refractivity contribution < 1.29 is 0 Å². The molecule has 0 aliphatic carbocycles. The van der Waals surface area contributed by atoms with Crippen molar-refractivity contribution in [1.82, 2.24) is 14.9 Å². The van der Waals surface area contributed by atoms with Gasteiger partial charge >= 0.3 is 0 Å². The largest absolute Gasteiger partial charge is 0.336 e. The average molecular weight is 315 g/mol. The van der Waals surface area contributed by atoms with Gasteiger partial charge in [0.05, 0.1) is 6.33 Å². The Hall–Kier alpha value is -0.840. The number of benzene rings is 1. The third-order valence-electron chi connectivity index (χ3n) is 2.43. The lowest BCUT2D eigenvalue weighted by Crippen LogP contribution is -2.19. The van der Waals surface area contributed by atoms with E-state index >= 15 is 0 Å². The van der Waals surface area contributed by atoms with Gasteiger partial charge in [-0.1, -0.05) is 27.5 Å². The van der Waals surface area contributed by atoms with Gasteiger partial charge in [-0.25, -0.2) is 4.98 Å². The number of rotatable bonds is 5. The summed E-state index contributed by atoms with van der Waals surface area (Å²) in [4.78, 5) is 4.00. The lowest BCUT2D eigenvalue weighted by atomic mass is 10.2. The fourth-order valence-electron chi connectivity index (χ4n) is 1.53. The summed E-state index contributed by atoms with van der Waals surface area (Å²) in [6.07, 6.45) is 5.56. The van der Waals surface area contributed by atoms with Gasteiger partial charge in [0.2, 0.25) is 0 Å². The van der Waals surface area contributed by atoms with Crippen LogP contribution in [-0.2, 0) is 13.1 Å². The molecule has 0 radical (unpaired) electrons. The number of imidazole rings is 1. The normalized spacial score (nSPS) is 10.7. The maximum atomic E-state index is 5.95. The molecule has 0 amide bonds. The predicted octanol–water partition coefficient (Wildman–Crippen LogP) is 3.09. The number of halogens is 2. The fourth-order valence-corrected chi connectivity index (χ4v) is 2.11. The van der Waals surface area contributed by atoms with Crippen molar-refractivity contribution in [3.8, 4) is 0 Å². The summed E-state index contributed by atoms with van der Waals surface area (Å²) in [5, 5.41) is 4.13. The zero-order valence-corrected chi connectivity index (χ0v) is 11.6. The molecule has 0 unspecified atom stereocenters. The molecule has 0 saturated carbocycles. The van der Waals surface area contributed by atoms with Crippen LogP contribution in [0.15, 0.2) is 41.4 Å². The monoisotopic (exact) mass is 313 g/mol. The van der Waals surface area contributed by atoms with Crippen LogP contribution in [0, 0.1) is 0 Å². The minimum atomic E-state index is 0.764. The Labute approximate surface area is 114 Å². The van der Waals surface area contributed by atoms with Crippen LogP contribution in [0.2, 0.25) is 5.02 Å². The first-order chi connectivity index (χ1) is 8.25. The predicted molar refractivity (Wildman–Crippen MR) is 73.1 cm³/mol. The van der Waals surface area contributed by atoms with E-state index in [9.17, 15) is 0 Å². The van der Waals surface area contributed by atoms with Crippen LogP contribution in [0.4, 0.5) is 0 Å². The molecule has 1 aromatic carbocycles. The third kappa shape index (κ3) is 3.84. The fraction of sp³-hybridized carbons (Fsp3) is 0.250. The van der Waals surface area contributed by atoms with E-state index in [0.717, 1.165) is 29.1 Å². The highest BCUT2D eigenvalue weighted by Gasteiger charge is 2.00. The molecule has 1 N–H and O–H groups in total. The van der Waals surface area contributed by atoms with Crippen LogP contribution >= 0.6 is 27.5 Å². The number of aromatic nitrogens is 2. The first-order valence-corrected chi connectivity index (χ1v) is 6.53. The second-order valence-corrected chi connectivity index (χ2v) is 5.00. The molecule has 0 aliphatic rings. The Bertz CT molecular complexity index is 471. The molecule has 0 bridgehead atoms. The van der Waals surface area contributed by atoms with E-state index in [1.54, 1.807) is 6.20 Å². The summed E-state index contributed by atoms with van der Waals surface area (Å²) in [5.74, 6) is 0. The Morgan fingerprint density at radius 1 is 1.41 bits per heavy atom. The van der Waals surface area contributed by atoms with Crippen molar-refractivity contribution in [2.75, 3.05) is 6.54 Å². The summed E-state index contributed by atoms with van der Waals surface area (Å²) in [6.45, 7) is 2.61. The first kappa shape index (κ1) is 12.6. The van der Waals surface area contributed by atoms with E-state index in [2.05, 4.69) is 26.2 Å². The smallest absolute Gasteiger partial charge is 0.0946 e. The van der Waals surface area contributed by atoms with Gasteiger partial charge in [0.25, 0.3) is 0 Å². The number of nitrogens with one attached hydrogen (secondary N) is 1. The molecule has 17 heavy (non-hydrogen) atoms. The summed E-state index contributed by atoms with van der Waals surface area (Å²) in [7, 11) is 0. The highest BCUT2D eigenvalue weighted by atomic mass is 79.9. The standard InChI is InChI=1S/C12H13BrClN3/c13-12-2-1-11(14)7-10(12)8-15-3-5-17-6-4-16-9-17/h1-2,4,6-7,9,15H,3,5,8H2.